The molecule has 1 heterocycles. The van der Waals surface area contributed by atoms with Crippen molar-refractivity contribution < 1.29 is 4.42 Å². The van der Waals surface area contributed by atoms with E-state index in [1.54, 1.807) is 0 Å². The van der Waals surface area contributed by atoms with E-state index in [1.807, 2.05) is 0 Å². The van der Waals surface area contributed by atoms with E-state index in [1.165, 1.54) is 44.2 Å². The lowest BCUT2D eigenvalue weighted by Gasteiger charge is -2.27. The van der Waals surface area contributed by atoms with Crippen molar-refractivity contribution >= 4 is 49.8 Å². The number of furan rings is 1. The Kier molecular flexibility index (Phi) is 6.84. The molecular weight excluding hydrogens is 583 g/mol. The molecule has 0 saturated heterocycles. The third-order valence-electron chi connectivity index (χ3n) is 9.29. The number of nitrogens with zero attached hydrogens (tertiary/aromatic N) is 1. The van der Waals surface area contributed by atoms with Gasteiger partial charge in [-0.05, 0) is 69.1 Å². The molecule has 0 radical (unpaired) electrons. The summed E-state index contributed by atoms with van der Waals surface area (Å²) in [6.07, 6.45) is 0. The Morgan fingerprint density at radius 1 is 0.354 bits per heavy atom. The van der Waals surface area contributed by atoms with Crippen LogP contribution in [0.15, 0.2) is 192 Å². The van der Waals surface area contributed by atoms with Crippen LogP contribution in [0.1, 0.15) is 0 Å². The van der Waals surface area contributed by atoms with Crippen LogP contribution in [0.3, 0.4) is 0 Å². The Balaban J connectivity index is 1.20. The molecule has 0 bridgehead atoms. The molecule has 0 aliphatic carbocycles. The number of hydrogen-bond acceptors (Lipinski definition) is 2. The van der Waals surface area contributed by atoms with Crippen molar-refractivity contribution in [1.82, 2.24) is 0 Å². The molecule has 0 N–H and O–H groups in total. The number of benzene rings is 8. The number of para-hydroxylation sites is 1. The number of fused-ring (bicyclic) bond motifs is 4. The number of anilines is 3. The first kappa shape index (κ1) is 27.9. The van der Waals surface area contributed by atoms with Crippen molar-refractivity contribution in [3.8, 4) is 33.4 Å². The van der Waals surface area contributed by atoms with Gasteiger partial charge in [-0.3, -0.25) is 0 Å². The highest BCUT2D eigenvalue weighted by molar-refractivity contribution is 6.16. The SMILES string of the molecule is c1ccc(-c2ccc(-c3ccc(N(c4cccc5ccccc45)c4cccc5c4oc4cccc(-c6ccccc6)c45)cc3)cc2)cc1. The van der Waals surface area contributed by atoms with Gasteiger partial charge in [0, 0.05) is 21.8 Å². The maximum absolute atomic E-state index is 6.78. The molecule has 226 valence electrons. The van der Waals surface area contributed by atoms with Crippen LogP contribution in [0, 0.1) is 0 Å². The fraction of sp³-hybridized carbons (Fsp3) is 0. The molecule has 0 fully saturated rings. The zero-order valence-electron chi connectivity index (χ0n) is 26.3. The van der Waals surface area contributed by atoms with Gasteiger partial charge in [-0.1, -0.05) is 158 Å². The lowest BCUT2D eigenvalue weighted by Crippen LogP contribution is -2.10. The van der Waals surface area contributed by atoms with Crippen LogP contribution in [0.4, 0.5) is 17.1 Å². The molecule has 0 atom stereocenters. The first-order valence-corrected chi connectivity index (χ1v) is 16.4. The minimum Gasteiger partial charge on any atom is -0.454 e. The minimum absolute atomic E-state index is 0.865. The van der Waals surface area contributed by atoms with Crippen LogP contribution >= 0.6 is 0 Å². The molecule has 0 unspecified atom stereocenters. The largest absolute Gasteiger partial charge is 0.454 e. The summed E-state index contributed by atoms with van der Waals surface area (Å²) in [6, 6.07) is 66.7. The number of hydrogen-bond donors (Lipinski definition) is 0. The molecule has 2 heteroatoms. The van der Waals surface area contributed by atoms with E-state index in [-0.39, 0.29) is 0 Å². The molecule has 1 aromatic heterocycles. The Morgan fingerprint density at radius 3 is 1.60 bits per heavy atom. The normalized spacial score (nSPS) is 11.3. The highest BCUT2D eigenvalue weighted by Gasteiger charge is 2.22. The quantitative estimate of drug-likeness (QED) is 0.185. The summed E-state index contributed by atoms with van der Waals surface area (Å²) in [7, 11) is 0. The van der Waals surface area contributed by atoms with E-state index < -0.39 is 0 Å². The Morgan fingerprint density at radius 2 is 0.875 bits per heavy atom. The summed E-state index contributed by atoms with van der Waals surface area (Å²) in [5.74, 6) is 0. The molecule has 0 saturated carbocycles. The van der Waals surface area contributed by atoms with Crippen LogP contribution in [0.5, 0.6) is 0 Å². The van der Waals surface area contributed by atoms with Crippen molar-refractivity contribution in [1.29, 1.82) is 0 Å². The minimum atomic E-state index is 0.865. The summed E-state index contributed by atoms with van der Waals surface area (Å²) < 4.78 is 6.78. The summed E-state index contributed by atoms with van der Waals surface area (Å²) in [6.45, 7) is 0. The lowest BCUT2D eigenvalue weighted by atomic mass is 9.99. The average Bonchev–Trinajstić information content (AvgIpc) is 3.56. The van der Waals surface area contributed by atoms with E-state index >= 15 is 0 Å². The maximum Gasteiger partial charge on any atom is 0.159 e. The van der Waals surface area contributed by atoms with Crippen molar-refractivity contribution in [3.63, 3.8) is 0 Å². The van der Waals surface area contributed by atoms with Crippen LogP contribution < -0.4 is 4.90 Å². The van der Waals surface area contributed by atoms with Gasteiger partial charge in [0.15, 0.2) is 5.58 Å². The van der Waals surface area contributed by atoms with E-state index in [0.717, 1.165) is 39.0 Å². The lowest BCUT2D eigenvalue weighted by molar-refractivity contribution is 0.669. The van der Waals surface area contributed by atoms with E-state index in [2.05, 4.69) is 193 Å². The van der Waals surface area contributed by atoms with Gasteiger partial charge < -0.3 is 9.32 Å². The van der Waals surface area contributed by atoms with Crippen LogP contribution in [0.2, 0.25) is 0 Å². The summed E-state index contributed by atoms with van der Waals surface area (Å²) in [5.41, 5.74) is 12.0. The zero-order valence-corrected chi connectivity index (χ0v) is 26.3. The Labute approximate surface area is 279 Å². The van der Waals surface area contributed by atoms with E-state index in [0.29, 0.717) is 0 Å². The first-order valence-electron chi connectivity index (χ1n) is 16.4. The molecule has 0 spiro atoms. The van der Waals surface area contributed by atoms with Gasteiger partial charge in [-0.15, -0.1) is 0 Å². The fourth-order valence-corrected chi connectivity index (χ4v) is 6.97. The summed E-state index contributed by atoms with van der Waals surface area (Å²) in [5, 5.41) is 4.60. The second-order valence-electron chi connectivity index (χ2n) is 12.1. The van der Waals surface area contributed by atoms with Gasteiger partial charge in [0.2, 0.25) is 0 Å². The maximum atomic E-state index is 6.78. The summed E-state index contributed by atoms with van der Waals surface area (Å²) >= 11 is 0. The second kappa shape index (κ2) is 11.8. The van der Waals surface area contributed by atoms with Crippen LogP contribution in [-0.4, -0.2) is 0 Å². The predicted octanol–water partition coefficient (Wildman–Crippen LogP) is 13.2. The van der Waals surface area contributed by atoms with E-state index in [4.69, 9.17) is 4.42 Å². The van der Waals surface area contributed by atoms with Gasteiger partial charge in [-0.2, -0.15) is 0 Å². The van der Waals surface area contributed by atoms with Gasteiger partial charge >= 0.3 is 0 Å². The molecule has 48 heavy (non-hydrogen) atoms. The smallest absolute Gasteiger partial charge is 0.159 e. The van der Waals surface area contributed by atoms with Crippen LogP contribution in [0.25, 0.3) is 66.1 Å². The summed E-state index contributed by atoms with van der Waals surface area (Å²) in [4.78, 5) is 2.34. The molecule has 0 aliphatic rings. The van der Waals surface area contributed by atoms with Crippen molar-refractivity contribution in [2.45, 2.75) is 0 Å². The topological polar surface area (TPSA) is 16.4 Å². The van der Waals surface area contributed by atoms with E-state index in [9.17, 15) is 0 Å². The average molecular weight is 614 g/mol. The first-order chi connectivity index (χ1) is 23.8. The number of rotatable bonds is 6. The Hall–Kier alpha value is -6.38. The molecule has 9 rings (SSSR count). The van der Waals surface area contributed by atoms with Crippen molar-refractivity contribution in [3.05, 3.63) is 188 Å². The molecular formula is C46H31NO. The molecule has 2 nitrogen and oxygen atoms in total. The Bertz CT molecular complexity index is 2530. The van der Waals surface area contributed by atoms with Crippen LogP contribution in [-0.2, 0) is 0 Å². The third kappa shape index (κ3) is 4.83. The third-order valence-corrected chi connectivity index (χ3v) is 9.29. The highest BCUT2D eigenvalue weighted by atomic mass is 16.3. The standard InChI is InChI=1S/C46H31NO/c1-3-12-32(13-4-1)33-24-26-34(27-25-33)35-28-30-38(31-29-35)47(42-21-9-17-36-16-7-8-18-39(36)42)43-22-10-20-41-45-40(37-14-5-2-6-15-37)19-11-23-44(45)48-46(41)43/h1-31H. The predicted molar refractivity (Wildman–Crippen MR) is 202 cm³/mol. The van der Waals surface area contributed by atoms with Gasteiger partial charge in [-0.25, -0.2) is 0 Å². The molecule has 0 aliphatic heterocycles. The van der Waals surface area contributed by atoms with Crippen molar-refractivity contribution in [2.75, 3.05) is 4.90 Å². The highest BCUT2D eigenvalue weighted by Crippen LogP contribution is 2.46. The monoisotopic (exact) mass is 613 g/mol. The molecule has 8 aromatic carbocycles. The second-order valence-corrected chi connectivity index (χ2v) is 12.1. The van der Waals surface area contributed by atoms with Gasteiger partial charge in [0.1, 0.15) is 5.58 Å². The van der Waals surface area contributed by atoms with Gasteiger partial charge in [0.25, 0.3) is 0 Å². The molecule has 9 aromatic rings. The van der Waals surface area contributed by atoms with Crippen molar-refractivity contribution in [2.24, 2.45) is 0 Å². The van der Waals surface area contributed by atoms with Gasteiger partial charge in [0.05, 0.1) is 11.4 Å². The molecule has 0 amide bonds. The fourth-order valence-electron chi connectivity index (χ4n) is 6.97. The zero-order chi connectivity index (χ0) is 31.9.